The van der Waals surface area contributed by atoms with Gasteiger partial charge >= 0.3 is 12.0 Å². The van der Waals surface area contributed by atoms with Crippen LogP contribution < -0.4 is 5.73 Å². The molecule has 10 heteroatoms. The van der Waals surface area contributed by atoms with Crippen LogP contribution in [0, 0.1) is 18.4 Å². The summed E-state index contributed by atoms with van der Waals surface area (Å²) >= 11 is 0. The van der Waals surface area contributed by atoms with E-state index in [1.54, 1.807) is 0 Å². The normalized spacial score (nSPS) is 20.9. The highest BCUT2D eigenvalue weighted by Crippen LogP contribution is 2.39. The molecule has 216 valence electrons. The number of anilines is 1. The first-order valence-corrected chi connectivity index (χ1v) is 14.6. The summed E-state index contributed by atoms with van der Waals surface area (Å²) in [5.74, 6) is 1.96. The molecule has 0 aromatic carbocycles. The number of nitrogen functional groups attached to an aromatic ring is 1. The standard InChI is InChI=1S/C29H44FN5O4/c1-3-5-6-7-8-9-10-11-12-13-14-15-16-17-18-24(37)38-22-19-23(39-29(22,4-2)20-36)35-21-32-25-26(31)33-28(30)34-27(25)35/h2,21-23,36H,3,5-20H2,1H3,(H2,31,33,34)/t22-,23+,29+/m0/s1. The molecule has 3 N–H and O–H groups in total. The zero-order valence-electron chi connectivity index (χ0n) is 23.2. The van der Waals surface area contributed by atoms with E-state index < -0.39 is 30.6 Å². The monoisotopic (exact) mass is 545 g/mol. The minimum Gasteiger partial charge on any atom is -0.458 e. The SMILES string of the molecule is C#C[C@]1(CO)O[C@@H](n2cnc3c(N)nc(F)nc32)C[C@@H]1OC(=O)CCCCCCCCCCCCCCCC. The van der Waals surface area contributed by atoms with Gasteiger partial charge in [0.25, 0.3) is 0 Å². The second-order valence-electron chi connectivity index (χ2n) is 10.5. The molecule has 1 saturated heterocycles. The zero-order chi connectivity index (χ0) is 28.1. The van der Waals surface area contributed by atoms with Crippen molar-refractivity contribution in [3.63, 3.8) is 0 Å². The van der Waals surface area contributed by atoms with Crippen molar-refractivity contribution in [3.8, 4) is 12.3 Å². The molecule has 0 amide bonds. The second kappa shape index (κ2) is 15.7. The Bertz CT molecular complexity index is 1090. The number of aliphatic hydroxyl groups excluding tert-OH is 1. The molecule has 0 aliphatic carbocycles. The summed E-state index contributed by atoms with van der Waals surface area (Å²) in [6.07, 6.45) is 22.1. The van der Waals surface area contributed by atoms with Gasteiger partial charge in [0.15, 0.2) is 22.6 Å². The van der Waals surface area contributed by atoms with Crippen molar-refractivity contribution in [3.05, 3.63) is 12.4 Å². The van der Waals surface area contributed by atoms with Crippen molar-refractivity contribution in [2.75, 3.05) is 12.3 Å². The number of terminal acetylenes is 1. The smallest absolute Gasteiger partial charge is 0.312 e. The van der Waals surface area contributed by atoms with Crippen molar-refractivity contribution in [2.24, 2.45) is 0 Å². The van der Waals surface area contributed by atoms with E-state index in [-0.39, 0.29) is 35.8 Å². The third-order valence-electron chi connectivity index (χ3n) is 7.50. The molecule has 0 unspecified atom stereocenters. The third kappa shape index (κ3) is 8.61. The number of hydrogen-bond donors (Lipinski definition) is 2. The lowest BCUT2D eigenvalue weighted by Crippen LogP contribution is -2.44. The van der Waals surface area contributed by atoms with Gasteiger partial charge in [-0.3, -0.25) is 9.36 Å². The highest BCUT2D eigenvalue weighted by atomic mass is 19.1. The van der Waals surface area contributed by atoms with Crippen LogP contribution in [0.2, 0.25) is 0 Å². The van der Waals surface area contributed by atoms with Crippen LogP contribution in [0.1, 0.15) is 116 Å². The maximum atomic E-state index is 13.8. The lowest BCUT2D eigenvalue weighted by atomic mass is 9.98. The van der Waals surface area contributed by atoms with Gasteiger partial charge in [-0.05, 0) is 6.42 Å². The van der Waals surface area contributed by atoms with Gasteiger partial charge in [0.1, 0.15) is 12.3 Å². The summed E-state index contributed by atoms with van der Waals surface area (Å²) in [5.41, 5.74) is 4.56. The Balaban J connectivity index is 1.36. The molecule has 1 aliphatic heterocycles. The Morgan fingerprint density at radius 2 is 1.72 bits per heavy atom. The number of imidazole rings is 1. The minimum absolute atomic E-state index is 0.101. The fourth-order valence-corrected chi connectivity index (χ4v) is 5.17. The molecular weight excluding hydrogens is 501 g/mol. The van der Waals surface area contributed by atoms with Gasteiger partial charge in [-0.25, -0.2) is 4.98 Å². The Kier molecular flexibility index (Phi) is 12.4. The molecule has 3 atom stereocenters. The number of carbonyl (C=O) groups is 1. The molecule has 3 heterocycles. The summed E-state index contributed by atoms with van der Waals surface area (Å²) in [4.78, 5) is 24.0. The molecule has 2 aromatic rings. The van der Waals surface area contributed by atoms with Gasteiger partial charge < -0.3 is 20.3 Å². The van der Waals surface area contributed by atoms with Crippen molar-refractivity contribution in [1.29, 1.82) is 0 Å². The number of aromatic nitrogens is 4. The predicted molar refractivity (Wildman–Crippen MR) is 148 cm³/mol. The van der Waals surface area contributed by atoms with Gasteiger partial charge in [-0.15, -0.1) is 6.42 Å². The number of halogens is 1. The predicted octanol–water partition coefficient (Wildman–Crippen LogP) is 5.61. The maximum Gasteiger partial charge on any atom is 0.312 e. The van der Waals surface area contributed by atoms with Crippen molar-refractivity contribution in [1.82, 2.24) is 19.5 Å². The van der Waals surface area contributed by atoms with E-state index in [2.05, 4.69) is 27.8 Å². The summed E-state index contributed by atoms with van der Waals surface area (Å²) in [7, 11) is 0. The number of esters is 1. The first-order chi connectivity index (χ1) is 18.9. The highest BCUT2D eigenvalue weighted by molar-refractivity contribution is 5.81. The van der Waals surface area contributed by atoms with Crippen LogP contribution in [0.4, 0.5) is 10.2 Å². The van der Waals surface area contributed by atoms with E-state index in [1.807, 2.05) is 0 Å². The van der Waals surface area contributed by atoms with E-state index in [0.29, 0.717) is 0 Å². The number of ether oxygens (including phenoxy) is 2. The van der Waals surface area contributed by atoms with Crippen LogP contribution in [-0.2, 0) is 14.3 Å². The van der Waals surface area contributed by atoms with Gasteiger partial charge in [-0.2, -0.15) is 14.4 Å². The maximum absolute atomic E-state index is 13.8. The number of hydrogen-bond acceptors (Lipinski definition) is 8. The zero-order valence-corrected chi connectivity index (χ0v) is 23.2. The Hall–Kier alpha value is -2.77. The molecule has 0 radical (unpaired) electrons. The topological polar surface area (TPSA) is 125 Å². The lowest BCUT2D eigenvalue weighted by molar-refractivity contribution is -0.158. The molecule has 39 heavy (non-hydrogen) atoms. The molecule has 2 aromatic heterocycles. The number of aliphatic hydroxyl groups is 1. The van der Waals surface area contributed by atoms with Crippen LogP contribution in [0.5, 0.6) is 0 Å². The van der Waals surface area contributed by atoms with Crippen LogP contribution in [0.3, 0.4) is 0 Å². The Morgan fingerprint density at radius 1 is 1.13 bits per heavy atom. The quantitative estimate of drug-likeness (QED) is 0.107. The van der Waals surface area contributed by atoms with E-state index in [4.69, 9.17) is 21.6 Å². The van der Waals surface area contributed by atoms with Gasteiger partial charge in [0, 0.05) is 12.8 Å². The number of carbonyl (C=O) groups excluding carboxylic acids is 1. The fraction of sp³-hybridized carbons (Fsp3) is 0.724. The highest BCUT2D eigenvalue weighted by Gasteiger charge is 2.51. The lowest BCUT2D eigenvalue weighted by Gasteiger charge is -2.26. The Morgan fingerprint density at radius 3 is 2.28 bits per heavy atom. The third-order valence-corrected chi connectivity index (χ3v) is 7.50. The average Bonchev–Trinajstić information content (AvgIpc) is 3.50. The molecule has 0 spiro atoms. The van der Waals surface area contributed by atoms with Gasteiger partial charge in [0.05, 0.1) is 12.9 Å². The number of nitrogens with zero attached hydrogens (tertiary/aromatic N) is 4. The van der Waals surface area contributed by atoms with E-state index >= 15 is 0 Å². The Labute approximate surface area is 231 Å². The molecule has 1 aliphatic rings. The first kappa shape index (κ1) is 30.8. The molecule has 0 bridgehead atoms. The first-order valence-electron chi connectivity index (χ1n) is 14.6. The van der Waals surface area contributed by atoms with Crippen LogP contribution in [0.15, 0.2) is 6.33 Å². The number of nitrogens with two attached hydrogens (primary N) is 1. The molecule has 3 rings (SSSR count). The summed E-state index contributed by atoms with van der Waals surface area (Å²) < 4.78 is 26.9. The summed E-state index contributed by atoms with van der Waals surface area (Å²) in [6.45, 7) is 1.70. The number of rotatable bonds is 18. The van der Waals surface area contributed by atoms with E-state index in [1.165, 1.54) is 81.5 Å². The summed E-state index contributed by atoms with van der Waals surface area (Å²) in [6, 6.07) is 0. The molecule has 9 nitrogen and oxygen atoms in total. The van der Waals surface area contributed by atoms with Crippen LogP contribution in [-0.4, -0.2) is 48.9 Å². The second-order valence-corrected chi connectivity index (χ2v) is 10.5. The van der Waals surface area contributed by atoms with Crippen LogP contribution in [0.25, 0.3) is 11.2 Å². The average molecular weight is 546 g/mol. The van der Waals surface area contributed by atoms with E-state index in [9.17, 15) is 14.3 Å². The number of fused-ring (bicyclic) bond motifs is 1. The summed E-state index contributed by atoms with van der Waals surface area (Å²) in [5, 5.41) is 10.0. The van der Waals surface area contributed by atoms with Crippen LogP contribution >= 0.6 is 0 Å². The van der Waals surface area contributed by atoms with Gasteiger partial charge in [0.2, 0.25) is 0 Å². The van der Waals surface area contributed by atoms with Crippen molar-refractivity contribution >= 4 is 23.0 Å². The van der Waals surface area contributed by atoms with Crippen molar-refractivity contribution < 1.29 is 23.8 Å². The fourth-order valence-electron chi connectivity index (χ4n) is 5.17. The molecular formula is C29H44FN5O4. The molecule has 1 fully saturated rings. The number of unbranched alkanes of at least 4 members (excludes halogenated alkanes) is 13. The minimum atomic E-state index is -1.52. The van der Waals surface area contributed by atoms with Gasteiger partial charge in [-0.1, -0.05) is 96.3 Å². The molecule has 0 saturated carbocycles. The largest absolute Gasteiger partial charge is 0.458 e. The van der Waals surface area contributed by atoms with E-state index in [0.717, 1.165) is 19.3 Å². The van der Waals surface area contributed by atoms with Crippen molar-refractivity contribution in [2.45, 2.75) is 128 Å².